The fourth-order valence-electron chi connectivity index (χ4n) is 2.85. The van der Waals surface area contributed by atoms with Gasteiger partial charge in [0.05, 0.1) is 23.8 Å². The summed E-state index contributed by atoms with van der Waals surface area (Å²) in [5.41, 5.74) is 6.61. The molecule has 3 heterocycles. The van der Waals surface area contributed by atoms with Crippen LogP contribution in [-0.2, 0) is 11.3 Å². The molecule has 1 atom stereocenters. The predicted molar refractivity (Wildman–Crippen MR) is 102 cm³/mol. The van der Waals surface area contributed by atoms with Crippen molar-refractivity contribution in [2.45, 2.75) is 26.1 Å². The van der Waals surface area contributed by atoms with Crippen molar-refractivity contribution in [1.82, 2.24) is 4.98 Å². The third kappa shape index (κ3) is 4.59. The van der Waals surface area contributed by atoms with E-state index in [1.54, 1.807) is 43.5 Å². The summed E-state index contributed by atoms with van der Waals surface area (Å²) in [5.74, 6) is 0.450. The number of fused-ring (bicyclic) bond motifs is 1. The summed E-state index contributed by atoms with van der Waals surface area (Å²) in [7, 11) is 0. The molecular weight excluding hydrogens is 364 g/mol. The lowest BCUT2D eigenvalue weighted by atomic mass is 10.1. The Hall–Kier alpha value is -3.10. The Kier molecular flexibility index (Phi) is 6.13. The number of aliphatic hydroxyl groups is 1. The van der Waals surface area contributed by atoms with E-state index in [0.29, 0.717) is 40.2 Å². The molecule has 0 bridgehead atoms. The van der Waals surface area contributed by atoms with E-state index in [9.17, 15) is 9.59 Å². The Morgan fingerprint density at radius 1 is 1.39 bits per heavy atom. The summed E-state index contributed by atoms with van der Waals surface area (Å²) in [6.07, 6.45) is 2.20. The molecule has 2 aromatic heterocycles. The number of aliphatic hydroxyl groups excluding tert-OH is 1. The average molecular weight is 386 g/mol. The molecule has 28 heavy (non-hydrogen) atoms. The van der Waals surface area contributed by atoms with Gasteiger partial charge in [-0.15, -0.1) is 0 Å². The van der Waals surface area contributed by atoms with Gasteiger partial charge >= 0.3 is 0 Å². The number of hydrogen-bond acceptors (Lipinski definition) is 6. The van der Waals surface area contributed by atoms with Crippen LogP contribution in [0.25, 0.3) is 11.0 Å². The number of aryl methyl sites for hydroxylation is 1. The molecule has 8 heteroatoms. The van der Waals surface area contributed by atoms with Crippen LogP contribution in [0.5, 0.6) is 5.75 Å². The van der Waals surface area contributed by atoms with Crippen molar-refractivity contribution in [2.24, 2.45) is 5.73 Å². The monoisotopic (exact) mass is 386 g/mol. The van der Waals surface area contributed by atoms with Gasteiger partial charge in [-0.2, -0.15) is 0 Å². The molecule has 4 N–H and O–H groups in total. The minimum absolute atomic E-state index is 0.129. The molecule has 1 amide bonds. The zero-order valence-corrected chi connectivity index (χ0v) is 15.4. The lowest BCUT2D eigenvalue weighted by Gasteiger charge is -2.05. The lowest BCUT2D eigenvalue weighted by molar-refractivity contribution is 0.1000. The van der Waals surface area contributed by atoms with E-state index in [2.05, 4.69) is 4.98 Å². The van der Waals surface area contributed by atoms with Crippen molar-refractivity contribution < 1.29 is 23.8 Å². The fourth-order valence-corrected chi connectivity index (χ4v) is 2.85. The molecular formula is C20H22N2O6. The average Bonchev–Trinajstić information content (AvgIpc) is 3.26. The number of aromatic amines is 1. The van der Waals surface area contributed by atoms with Gasteiger partial charge in [-0.3, -0.25) is 9.59 Å². The van der Waals surface area contributed by atoms with Gasteiger partial charge in [0.25, 0.3) is 11.5 Å². The van der Waals surface area contributed by atoms with Crippen LogP contribution in [0.1, 0.15) is 28.1 Å². The number of amides is 1. The van der Waals surface area contributed by atoms with E-state index >= 15 is 0 Å². The van der Waals surface area contributed by atoms with E-state index in [1.807, 2.05) is 0 Å². The van der Waals surface area contributed by atoms with Gasteiger partial charge in [-0.05, 0) is 43.7 Å². The third-order valence-electron chi connectivity index (χ3n) is 4.28. The fraction of sp³-hybridized carbons (Fsp3) is 0.300. The first-order chi connectivity index (χ1) is 13.5. The smallest absolute Gasteiger partial charge is 0.254 e. The maximum atomic E-state index is 11.6. The zero-order chi connectivity index (χ0) is 20.1. The number of pyridine rings is 1. The van der Waals surface area contributed by atoms with E-state index < -0.39 is 5.91 Å². The molecule has 1 saturated heterocycles. The molecule has 0 radical (unpaired) electrons. The number of rotatable bonds is 4. The van der Waals surface area contributed by atoms with Gasteiger partial charge in [0.2, 0.25) is 0 Å². The lowest BCUT2D eigenvalue weighted by Crippen LogP contribution is -2.13. The Balaban J connectivity index is 0.000000320. The van der Waals surface area contributed by atoms with Crippen molar-refractivity contribution >= 4 is 16.9 Å². The number of H-pyrrole nitrogens is 1. The number of nitrogens with two attached hydrogens (primary N) is 1. The molecule has 0 saturated carbocycles. The van der Waals surface area contributed by atoms with Crippen molar-refractivity contribution in [3.05, 3.63) is 63.8 Å². The number of aromatic nitrogens is 1. The van der Waals surface area contributed by atoms with Crippen LogP contribution in [0.2, 0.25) is 0 Å². The minimum atomic E-state index is -0.548. The van der Waals surface area contributed by atoms with Gasteiger partial charge in [0, 0.05) is 18.2 Å². The number of hydrogen-bond donors (Lipinski definition) is 3. The van der Waals surface area contributed by atoms with Crippen molar-refractivity contribution in [1.29, 1.82) is 0 Å². The molecule has 3 aromatic rings. The van der Waals surface area contributed by atoms with Gasteiger partial charge in [0.1, 0.15) is 23.7 Å². The summed E-state index contributed by atoms with van der Waals surface area (Å²) < 4.78 is 15.9. The summed E-state index contributed by atoms with van der Waals surface area (Å²) in [6, 6.07) is 8.53. The highest BCUT2D eigenvalue weighted by atomic mass is 16.5. The Bertz CT molecular complexity index is 1020. The van der Waals surface area contributed by atoms with Gasteiger partial charge in [-0.1, -0.05) is 0 Å². The number of carbonyl (C=O) groups excluding carboxylic acids is 1. The van der Waals surface area contributed by atoms with Crippen LogP contribution in [0.15, 0.2) is 45.7 Å². The summed E-state index contributed by atoms with van der Waals surface area (Å²) >= 11 is 0. The number of nitrogens with one attached hydrogen (secondary N) is 1. The number of furan rings is 1. The summed E-state index contributed by atoms with van der Waals surface area (Å²) in [5, 5.41) is 9.21. The van der Waals surface area contributed by atoms with E-state index in [1.165, 1.54) is 0 Å². The first-order valence-electron chi connectivity index (χ1n) is 8.84. The molecule has 1 aromatic carbocycles. The number of benzene rings is 1. The maximum absolute atomic E-state index is 11.6. The van der Waals surface area contributed by atoms with Crippen LogP contribution in [0.3, 0.4) is 0 Å². The number of primary amides is 1. The van der Waals surface area contributed by atoms with Gasteiger partial charge in [-0.25, -0.2) is 0 Å². The number of ether oxygens (including phenoxy) is 2. The Morgan fingerprint density at radius 3 is 2.82 bits per heavy atom. The summed E-state index contributed by atoms with van der Waals surface area (Å²) in [6.45, 7) is 3.09. The highest BCUT2D eigenvalue weighted by Gasteiger charge is 2.16. The normalized spacial score (nSPS) is 15.9. The molecule has 0 aliphatic carbocycles. The quantitative estimate of drug-likeness (QED) is 0.628. The van der Waals surface area contributed by atoms with Crippen molar-refractivity contribution in [2.75, 3.05) is 13.2 Å². The Morgan fingerprint density at radius 2 is 2.21 bits per heavy atom. The van der Waals surface area contributed by atoms with Crippen LogP contribution in [-0.4, -0.2) is 35.3 Å². The molecule has 1 aliphatic heterocycles. The third-order valence-corrected chi connectivity index (χ3v) is 4.28. The van der Waals surface area contributed by atoms with Crippen LogP contribution in [0, 0.1) is 6.92 Å². The first kappa shape index (κ1) is 19.7. The second-order valence-electron chi connectivity index (χ2n) is 6.39. The van der Waals surface area contributed by atoms with Crippen molar-refractivity contribution in [3.63, 3.8) is 0 Å². The van der Waals surface area contributed by atoms with Gasteiger partial charge < -0.3 is 29.7 Å². The molecule has 148 valence electrons. The molecule has 8 nitrogen and oxygen atoms in total. The largest absolute Gasteiger partial charge is 0.489 e. The zero-order valence-electron chi connectivity index (χ0n) is 15.4. The highest BCUT2D eigenvalue weighted by molar-refractivity contribution is 6.06. The highest BCUT2D eigenvalue weighted by Crippen LogP contribution is 2.29. The molecule has 1 unspecified atom stereocenters. The maximum Gasteiger partial charge on any atom is 0.254 e. The topological polar surface area (TPSA) is 128 Å². The second-order valence-corrected chi connectivity index (χ2v) is 6.39. The Labute approximate surface area is 160 Å². The summed E-state index contributed by atoms with van der Waals surface area (Å²) in [4.78, 5) is 25.7. The standard InChI is InChI=1S/C16H14N2O4.C4H8O2/c1-9-14(15(17)19)12-7-11(4-5-13(12)22-9)21-8-10-3-2-6-18-16(10)20;5-4-1-2-6-3-4/h2-7H,8H2,1H3,(H2,17,19)(H,18,20);4-5H,1-3H2. The van der Waals surface area contributed by atoms with E-state index in [0.717, 1.165) is 13.0 Å². The van der Waals surface area contributed by atoms with E-state index in [4.69, 9.17) is 24.7 Å². The predicted octanol–water partition coefficient (Wildman–Crippen LogP) is 1.88. The van der Waals surface area contributed by atoms with Crippen LogP contribution >= 0.6 is 0 Å². The molecule has 0 spiro atoms. The molecule has 1 fully saturated rings. The minimum Gasteiger partial charge on any atom is -0.489 e. The van der Waals surface area contributed by atoms with Crippen molar-refractivity contribution in [3.8, 4) is 5.75 Å². The first-order valence-corrected chi connectivity index (χ1v) is 8.84. The van der Waals surface area contributed by atoms with Crippen LogP contribution < -0.4 is 16.0 Å². The van der Waals surface area contributed by atoms with Gasteiger partial charge in [0.15, 0.2) is 0 Å². The molecule has 1 aliphatic rings. The SMILES string of the molecule is Cc1oc2ccc(OCc3ccc[nH]c3=O)cc2c1C(N)=O.OC1CCOC1. The second kappa shape index (κ2) is 8.73. The number of carbonyl (C=O) groups is 1. The molecule has 4 rings (SSSR count). The van der Waals surface area contributed by atoms with E-state index in [-0.39, 0.29) is 18.3 Å². The van der Waals surface area contributed by atoms with Crippen LogP contribution in [0.4, 0.5) is 0 Å².